The van der Waals surface area contributed by atoms with Crippen molar-refractivity contribution in [1.29, 1.82) is 0 Å². The van der Waals surface area contributed by atoms with Crippen LogP contribution in [0.2, 0.25) is 0 Å². The van der Waals surface area contributed by atoms with Crippen molar-refractivity contribution in [3.05, 3.63) is 35.4 Å². The molecule has 21 heavy (non-hydrogen) atoms. The largest absolute Gasteiger partial charge is 0.313 e. The fraction of sp³-hybridized carbons (Fsp3) is 0.684. The van der Waals surface area contributed by atoms with Crippen LogP contribution in [0.15, 0.2) is 24.3 Å². The highest BCUT2D eigenvalue weighted by Gasteiger charge is 2.29. The van der Waals surface area contributed by atoms with E-state index in [0.29, 0.717) is 5.41 Å². The van der Waals surface area contributed by atoms with Crippen LogP contribution in [0.1, 0.15) is 50.7 Å². The minimum atomic E-state index is 0.386. The lowest BCUT2D eigenvalue weighted by molar-refractivity contribution is 0.167. The second kappa shape index (κ2) is 7.42. The monoisotopic (exact) mass is 288 g/mol. The molecule has 1 aliphatic rings. The molecule has 2 nitrogen and oxygen atoms in total. The number of hydrogen-bond donors (Lipinski definition) is 1. The molecule has 1 fully saturated rings. The van der Waals surface area contributed by atoms with Crippen molar-refractivity contribution in [3.8, 4) is 0 Å². The first-order valence-electron chi connectivity index (χ1n) is 8.48. The first-order chi connectivity index (χ1) is 10.0. The van der Waals surface area contributed by atoms with Gasteiger partial charge in [-0.05, 0) is 44.2 Å². The average Bonchev–Trinajstić information content (AvgIpc) is 3.23. The van der Waals surface area contributed by atoms with Crippen molar-refractivity contribution >= 4 is 0 Å². The summed E-state index contributed by atoms with van der Waals surface area (Å²) in [5.74, 6) is 0. The number of nitrogens with one attached hydrogen (secondary N) is 1. The fourth-order valence-corrected chi connectivity index (χ4v) is 3.22. The van der Waals surface area contributed by atoms with Crippen molar-refractivity contribution in [2.75, 3.05) is 20.1 Å². The Bertz CT molecular complexity index is 422. The Morgan fingerprint density at radius 1 is 1.24 bits per heavy atom. The number of rotatable bonds is 9. The normalized spacial score (nSPS) is 18.0. The highest BCUT2D eigenvalue weighted by Crippen LogP contribution is 2.27. The summed E-state index contributed by atoms with van der Waals surface area (Å²) in [6, 6.07) is 9.74. The highest BCUT2D eigenvalue weighted by molar-refractivity contribution is 5.21. The predicted octanol–water partition coefficient (Wildman–Crippen LogP) is 3.99. The average molecular weight is 288 g/mol. The topological polar surface area (TPSA) is 15.3 Å². The summed E-state index contributed by atoms with van der Waals surface area (Å²) in [5.41, 5.74) is 3.14. The van der Waals surface area contributed by atoms with Gasteiger partial charge in [0.25, 0.3) is 0 Å². The smallest absolute Gasteiger partial charge is 0.0230 e. The molecule has 0 aliphatic heterocycles. The summed E-state index contributed by atoms with van der Waals surface area (Å²) < 4.78 is 0. The summed E-state index contributed by atoms with van der Waals surface area (Å²) in [4.78, 5) is 2.48. The third-order valence-corrected chi connectivity index (χ3v) is 4.47. The van der Waals surface area contributed by atoms with E-state index in [1.807, 2.05) is 0 Å². The maximum atomic E-state index is 3.73. The molecule has 1 saturated carbocycles. The molecule has 0 aromatic heterocycles. The lowest BCUT2D eigenvalue weighted by atomic mass is 9.84. The third kappa shape index (κ3) is 5.80. The standard InChI is InChI=1S/C19H32N2/c1-5-12-19(3,14-20-18-10-11-18)15-21(4)13-17-8-6-16(2)7-9-17/h6-9,18,20H,5,10-15H2,1-4H3. The maximum absolute atomic E-state index is 3.73. The molecule has 0 saturated heterocycles. The van der Waals surface area contributed by atoms with Gasteiger partial charge in [0.1, 0.15) is 0 Å². The summed E-state index contributed by atoms with van der Waals surface area (Å²) in [5, 5.41) is 3.73. The molecule has 1 N–H and O–H groups in total. The Kier molecular flexibility index (Phi) is 5.83. The summed E-state index contributed by atoms with van der Waals surface area (Å²) in [6.07, 6.45) is 5.31. The van der Waals surface area contributed by atoms with E-state index >= 15 is 0 Å². The lowest BCUT2D eigenvalue weighted by Gasteiger charge is -2.34. The van der Waals surface area contributed by atoms with Crippen molar-refractivity contribution in [3.63, 3.8) is 0 Å². The Hall–Kier alpha value is -0.860. The predicted molar refractivity (Wildman–Crippen MR) is 91.6 cm³/mol. The van der Waals surface area contributed by atoms with E-state index in [1.165, 1.54) is 36.8 Å². The third-order valence-electron chi connectivity index (χ3n) is 4.47. The van der Waals surface area contributed by atoms with Gasteiger partial charge in [-0.3, -0.25) is 0 Å². The zero-order valence-electron chi connectivity index (χ0n) is 14.3. The molecule has 0 spiro atoms. The van der Waals surface area contributed by atoms with Crippen molar-refractivity contribution < 1.29 is 0 Å². The van der Waals surface area contributed by atoms with E-state index in [4.69, 9.17) is 0 Å². The Balaban J connectivity index is 1.86. The van der Waals surface area contributed by atoms with Crippen LogP contribution in [-0.4, -0.2) is 31.1 Å². The molecule has 0 radical (unpaired) electrons. The summed E-state index contributed by atoms with van der Waals surface area (Å²) in [6.45, 7) is 10.3. The van der Waals surface area contributed by atoms with Gasteiger partial charge < -0.3 is 10.2 Å². The Morgan fingerprint density at radius 2 is 1.90 bits per heavy atom. The Labute approximate surface area is 130 Å². The highest BCUT2D eigenvalue weighted by atomic mass is 15.1. The van der Waals surface area contributed by atoms with Gasteiger partial charge in [-0.2, -0.15) is 0 Å². The van der Waals surface area contributed by atoms with Gasteiger partial charge in [-0.15, -0.1) is 0 Å². The first kappa shape index (κ1) is 16.5. The maximum Gasteiger partial charge on any atom is 0.0230 e. The minimum absolute atomic E-state index is 0.386. The van der Waals surface area contributed by atoms with Crippen LogP contribution in [0.5, 0.6) is 0 Å². The summed E-state index contributed by atoms with van der Waals surface area (Å²) in [7, 11) is 2.25. The van der Waals surface area contributed by atoms with Gasteiger partial charge in [-0.25, -0.2) is 0 Å². The van der Waals surface area contributed by atoms with Gasteiger partial charge in [0.15, 0.2) is 0 Å². The van der Waals surface area contributed by atoms with Crippen LogP contribution in [0.3, 0.4) is 0 Å². The number of nitrogens with zero attached hydrogens (tertiary/aromatic N) is 1. The van der Waals surface area contributed by atoms with Crippen LogP contribution in [0.25, 0.3) is 0 Å². The van der Waals surface area contributed by atoms with Crippen molar-refractivity contribution in [1.82, 2.24) is 10.2 Å². The van der Waals surface area contributed by atoms with Gasteiger partial charge >= 0.3 is 0 Å². The molecule has 1 aliphatic carbocycles. The number of hydrogen-bond acceptors (Lipinski definition) is 2. The van der Waals surface area contributed by atoms with E-state index < -0.39 is 0 Å². The molecule has 1 aromatic carbocycles. The molecular formula is C19H32N2. The quantitative estimate of drug-likeness (QED) is 0.739. The zero-order chi connectivity index (χ0) is 15.3. The van der Waals surface area contributed by atoms with Crippen molar-refractivity contribution in [2.24, 2.45) is 5.41 Å². The van der Waals surface area contributed by atoms with Gasteiger partial charge in [0.2, 0.25) is 0 Å². The number of aryl methyl sites for hydroxylation is 1. The van der Waals surface area contributed by atoms with Crippen LogP contribution in [-0.2, 0) is 6.54 Å². The first-order valence-corrected chi connectivity index (χ1v) is 8.48. The van der Waals surface area contributed by atoms with Crippen LogP contribution < -0.4 is 5.32 Å². The van der Waals surface area contributed by atoms with E-state index in [9.17, 15) is 0 Å². The van der Waals surface area contributed by atoms with Crippen LogP contribution >= 0.6 is 0 Å². The van der Waals surface area contributed by atoms with E-state index in [0.717, 1.165) is 25.7 Å². The van der Waals surface area contributed by atoms with Crippen LogP contribution in [0, 0.1) is 12.3 Å². The molecule has 0 heterocycles. The molecule has 0 amide bonds. The van der Waals surface area contributed by atoms with Crippen molar-refractivity contribution in [2.45, 2.75) is 59.0 Å². The summed E-state index contributed by atoms with van der Waals surface area (Å²) >= 11 is 0. The molecule has 0 bridgehead atoms. The van der Waals surface area contributed by atoms with Gasteiger partial charge in [-0.1, -0.05) is 50.1 Å². The lowest BCUT2D eigenvalue weighted by Crippen LogP contribution is -2.41. The Morgan fingerprint density at radius 3 is 2.48 bits per heavy atom. The molecular weight excluding hydrogens is 256 g/mol. The zero-order valence-corrected chi connectivity index (χ0v) is 14.3. The number of benzene rings is 1. The molecule has 1 atom stereocenters. The molecule has 1 unspecified atom stereocenters. The molecule has 118 valence electrons. The fourth-order valence-electron chi connectivity index (χ4n) is 3.22. The SMILES string of the molecule is CCCC(C)(CNC1CC1)CN(C)Cc1ccc(C)cc1. The van der Waals surface area contributed by atoms with Gasteiger partial charge in [0, 0.05) is 25.7 Å². The van der Waals surface area contributed by atoms with E-state index in [1.54, 1.807) is 0 Å². The molecule has 1 aromatic rings. The second-order valence-electron chi connectivity index (χ2n) is 7.37. The van der Waals surface area contributed by atoms with Crippen LogP contribution in [0.4, 0.5) is 0 Å². The van der Waals surface area contributed by atoms with E-state index in [2.05, 4.69) is 62.3 Å². The molecule has 2 heteroatoms. The molecule has 2 rings (SSSR count). The van der Waals surface area contributed by atoms with Gasteiger partial charge in [0.05, 0.1) is 0 Å². The van der Waals surface area contributed by atoms with E-state index in [-0.39, 0.29) is 0 Å². The minimum Gasteiger partial charge on any atom is -0.313 e. The second-order valence-corrected chi connectivity index (χ2v) is 7.37.